The van der Waals surface area contributed by atoms with Gasteiger partial charge in [0.25, 0.3) is 0 Å². The third kappa shape index (κ3) is 4.24. The van der Waals surface area contributed by atoms with Crippen LogP contribution in [0.2, 0.25) is 0 Å². The predicted octanol–water partition coefficient (Wildman–Crippen LogP) is 3.42. The maximum absolute atomic E-state index is 12.8. The highest BCUT2D eigenvalue weighted by atomic mass is 79.9. The number of hydrogen-bond donors (Lipinski definition) is 0. The molecule has 22 heavy (non-hydrogen) atoms. The highest BCUT2D eigenvalue weighted by Gasteiger charge is 2.21. The van der Waals surface area contributed by atoms with E-state index in [1.165, 1.54) is 5.56 Å². The summed E-state index contributed by atoms with van der Waals surface area (Å²) in [6, 6.07) is 8.63. The number of ether oxygens (including phenoxy) is 1. The van der Waals surface area contributed by atoms with Crippen molar-refractivity contribution in [3.05, 3.63) is 52.5 Å². The highest BCUT2D eigenvalue weighted by molar-refractivity contribution is 9.10. The molecule has 4 nitrogen and oxygen atoms in total. The Labute approximate surface area is 137 Å². The van der Waals surface area contributed by atoms with E-state index in [0.29, 0.717) is 0 Å². The maximum atomic E-state index is 12.8. The first-order chi connectivity index (χ1) is 10.7. The SMILES string of the molecule is Fc1cnc(OC2CCN(Cc3cccc(Br)c3)CC2)nc1. The molecule has 0 atom stereocenters. The molecule has 3 rings (SSSR count). The zero-order chi connectivity index (χ0) is 15.4. The standard InChI is InChI=1S/C16H17BrFN3O/c17-13-3-1-2-12(8-13)11-21-6-4-15(5-7-21)22-16-19-9-14(18)10-20-16/h1-3,8-10,15H,4-7,11H2. The van der Waals surface area contributed by atoms with E-state index in [1.807, 2.05) is 6.07 Å². The second-order valence-corrected chi connectivity index (χ2v) is 6.32. The smallest absolute Gasteiger partial charge is 0.316 e. The Morgan fingerprint density at radius 3 is 2.64 bits per heavy atom. The summed E-state index contributed by atoms with van der Waals surface area (Å²) in [6.07, 6.45) is 4.21. The molecule has 0 bridgehead atoms. The van der Waals surface area contributed by atoms with E-state index in [9.17, 15) is 4.39 Å². The Morgan fingerprint density at radius 1 is 1.23 bits per heavy atom. The molecule has 1 saturated heterocycles. The van der Waals surface area contributed by atoms with E-state index in [-0.39, 0.29) is 12.1 Å². The zero-order valence-corrected chi connectivity index (χ0v) is 13.7. The van der Waals surface area contributed by atoms with Gasteiger partial charge in [0, 0.05) is 24.1 Å². The van der Waals surface area contributed by atoms with E-state index in [0.717, 1.165) is 49.3 Å². The van der Waals surface area contributed by atoms with Crippen molar-refractivity contribution < 1.29 is 9.13 Å². The summed E-state index contributed by atoms with van der Waals surface area (Å²) in [7, 11) is 0. The van der Waals surface area contributed by atoms with E-state index in [1.54, 1.807) is 0 Å². The average Bonchev–Trinajstić information content (AvgIpc) is 2.52. The molecule has 0 aliphatic carbocycles. The van der Waals surface area contributed by atoms with Crippen LogP contribution < -0.4 is 4.74 Å². The zero-order valence-electron chi connectivity index (χ0n) is 12.1. The fraction of sp³-hybridized carbons (Fsp3) is 0.375. The van der Waals surface area contributed by atoms with Gasteiger partial charge in [-0.1, -0.05) is 28.1 Å². The molecule has 1 aromatic heterocycles. The minimum absolute atomic E-state index is 0.101. The lowest BCUT2D eigenvalue weighted by molar-refractivity contribution is 0.0890. The summed E-state index contributed by atoms with van der Waals surface area (Å²) in [5.74, 6) is -0.448. The first-order valence-corrected chi connectivity index (χ1v) is 8.09. The van der Waals surface area contributed by atoms with Gasteiger partial charge in [-0.15, -0.1) is 0 Å². The van der Waals surface area contributed by atoms with Gasteiger partial charge in [-0.25, -0.2) is 14.4 Å². The van der Waals surface area contributed by atoms with Gasteiger partial charge < -0.3 is 4.74 Å². The number of hydrogen-bond acceptors (Lipinski definition) is 4. The number of likely N-dealkylation sites (tertiary alicyclic amines) is 1. The van der Waals surface area contributed by atoms with Gasteiger partial charge in [-0.2, -0.15) is 0 Å². The van der Waals surface area contributed by atoms with Crippen molar-refractivity contribution in [3.8, 4) is 6.01 Å². The molecule has 1 aliphatic rings. The molecule has 1 fully saturated rings. The Hall–Kier alpha value is -1.53. The molecular formula is C16H17BrFN3O. The summed E-state index contributed by atoms with van der Waals surface area (Å²) in [5, 5.41) is 0. The molecule has 1 aromatic carbocycles. The van der Waals surface area contributed by atoms with E-state index >= 15 is 0 Å². The lowest BCUT2D eigenvalue weighted by atomic mass is 10.1. The van der Waals surface area contributed by atoms with E-state index in [4.69, 9.17) is 4.74 Å². The van der Waals surface area contributed by atoms with Gasteiger partial charge >= 0.3 is 6.01 Å². The first kappa shape index (κ1) is 15.4. The number of piperidine rings is 1. The fourth-order valence-electron chi connectivity index (χ4n) is 2.59. The van der Waals surface area contributed by atoms with Crippen LogP contribution in [0.15, 0.2) is 41.1 Å². The van der Waals surface area contributed by atoms with Gasteiger partial charge in [0.05, 0.1) is 12.4 Å². The van der Waals surface area contributed by atoms with Crippen molar-refractivity contribution in [2.45, 2.75) is 25.5 Å². The van der Waals surface area contributed by atoms with Crippen LogP contribution in [0.3, 0.4) is 0 Å². The van der Waals surface area contributed by atoms with Crippen molar-refractivity contribution >= 4 is 15.9 Å². The number of rotatable bonds is 4. The Kier molecular flexibility index (Phi) is 5.00. The molecular weight excluding hydrogens is 349 g/mol. The van der Waals surface area contributed by atoms with Crippen LogP contribution in [0.4, 0.5) is 4.39 Å². The molecule has 1 aliphatic heterocycles. The lowest BCUT2D eigenvalue weighted by Gasteiger charge is -2.31. The van der Waals surface area contributed by atoms with Gasteiger partial charge in [0.1, 0.15) is 6.10 Å². The quantitative estimate of drug-likeness (QED) is 0.831. The van der Waals surface area contributed by atoms with E-state index in [2.05, 4.69) is 49.0 Å². The summed E-state index contributed by atoms with van der Waals surface area (Å²) >= 11 is 3.50. The fourth-order valence-corrected chi connectivity index (χ4v) is 3.04. The Balaban J connectivity index is 1.49. The molecule has 0 radical (unpaired) electrons. The van der Waals surface area contributed by atoms with E-state index < -0.39 is 5.82 Å². The van der Waals surface area contributed by atoms with Crippen LogP contribution in [-0.4, -0.2) is 34.1 Å². The summed E-state index contributed by atoms with van der Waals surface area (Å²) in [6.45, 7) is 2.88. The molecule has 116 valence electrons. The monoisotopic (exact) mass is 365 g/mol. The summed E-state index contributed by atoms with van der Waals surface area (Å²) < 4.78 is 19.6. The van der Waals surface area contributed by atoms with Gasteiger partial charge in [0.15, 0.2) is 5.82 Å². The molecule has 6 heteroatoms. The topological polar surface area (TPSA) is 38.2 Å². The van der Waals surface area contributed by atoms with Crippen LogP contribution >= 0.6 is 15.9 Å². The molecule has 2 heterocycles. The van der Waals surface area contributed by atoms with Crippen molar-refractivity contribution in [2.75, 3.05) is 13.1 Å². The summed E-state index contributed by atoms with van der Waals surface area (Å²) in [5.41, 5.74) is 1.30. The van der Waals surface area contributed by atoms with Crippen molar-refractivity contribution in [2.24, 2.45) is 0 Å². The maximum Gasteiger partial charge on any atom is 0.316 e. The second-order valence-electron chi connectivity index (χ2n) is 5.41. The molecule has 0 saturated carbocycles. The van der Waals surface area contributed by atoms with Gasteiger partial charge in [0.2, 0.25) is 0 Å². The van der Waals surface area contributed by atoms with Crippen LogP contribution in [0.5, 0.6) is 6.01 Å². The minimum Gasteiger partial charge on any atom is -0.460 e. The number of aromatic nitrogens is 2. The van der Waals surface area contributed by atoms with Crippen molar-refractivity contribution in [1.29, 1.82) is 0 Å². The molecule has 0 unspecified atom stereocenters. The predicted molar refractivity (Wildman–Crippen MR) is 85.1 cm³/mol. The number of benzene rings is 1. The third-order valence-corrected chi connectivity index (χ3v) is 4.19. The average molecular weight is 366 g/mol. The third-order valence-electron chi connectivity index (χ3n) is 3.70. The molecule has 0 amide bonds. The molecule has 0 spiro atoms. The molecule has 2 aromatic rings. The lowest BCUT2D eigenvalue weighted by Crippen LogP contribution is -2.38. The first-order valence-electron chi connectivity index (χ1n) is 7.30. The molecule has 0 N–H and O–H groups in total. The van der Waals surface area contributed by atoms with Crippen molar-refractivity contribution in [1.82, 2.24) is 14.9 Å². The largest absolute Gasteiger partial charge is 0.460 e. The van der Waals surface area contributed by atoms with Crippen LogP contribution in [0, 0.1) is 5.82 Å². The Bertz CT molecular complexity index is 615. The summed E-state index contributed by atoms with van der Waals surface area (Å²) in [4.78, 5) is 10.1. The van der Waals surface area contributed by atoms with Crippen LogP contribution in [-0.2, 0) is 6.54 Å². The normalized spacial score (nSPS) is 16.6. The number of nitrogens with zero attached hydrogens (tertiary/aromatic N) is 3. The Morgan fingerprint density at radius 2 is 1.95 bits per heavy atom. The van der Waals surface area contributed by atoms with Crippen LogP contribution in [0.1, 0.15) is 18.4 Å². The highest BCUT2D eigenvalue weighted by Crippen LogP contribution is 2.19. The van der Waals surface area contributed by atoms with Gasteiger partial charge in [-0.3, -0.25) is 4.90 Å². The minimum atomic E-state index is -0.448. The van der Waals surface area contributed by atoms with Crippen molar-refractivity contribution in [3.63, 3.8) is 0 Å². The van der Waals surface area contributed by atoms with Crippen LogP contribution in [0.25, 0.3) is 0 Å². The number of halogens is 2. The van der Waals surface area contributed by atoms with Gasteiger partial charge in [-0.05, 0) is 30.5 Å². The second kappa shape index (κ2) is 7.15.